The van der Waals surface area contributed by atoms with Crippen LogP contribution in [0.5, 0.6) is 0 Å². The van der Waals surface area contributed by atoms with Crippen molar-refractivity contribution in [3.63, 3.8) is 0 Å². The summed E-state index contributed by atoms with van der Waals surface area (Å²) in [6.07, 6.45) is 3.63. The van der Waals surface area contributed by atoms with Gasteiger partial charge in [-0.15, -0.1) is 0 Å². The van der Waals surface area contributed by atoms with Gasteiger partial charge in [-0.3, -0.25) is 4.79 Å². The predicted octanol–water partition coefficient (Wildman–Crippen LogP) is 5.75. The summed E-state index contributed by atoms with van der Waals surface area (Å²) < 4.78 is 5.62. The maximum Gasteiger partial charge on any atom is 0.251 e. The van der Waals surface area contributed by atoms with Gasteiger partial charge < -0.3 is 10.1 Å². The zero-order valence-corrected chi connectivity index (χ0v) is 18.1. The van der Waals surface area contributed by atoms with Gasteiger partial charge in [0.1, 0.15) is 0 Å². The Labute approximate surface area is 188 Å². The van der Waals surface area contributed by atoms with Crippen LogP contribution in [0, 0.1) is 0 Å². The Bertz CT molecular complexity index is 1040. The Morgan fingerprint density at radius 3 is 2.19 bits per heavy atom. The van der Waals surface area contributed by atoms with Crippen molar-refractivity contribution >= 4 is 29.2 Å². The van der Waals surface area contributed by atoms with Crippen molar-refractivity contribution in [3.8, 4) is 0 Å². The van der Waals surface area contributed by atoms with Crippen LogP contribution in [0.4, 0.5) is 0 Å². The number of carbonyl (C=O) groups is 1. The second kappa shape index (κ2) is 9.95. The summed E-state index contributed by atoms with van der Waals surface area (Å²) >= 11 is 6.37. The van der Waals surface area contributed by atoms with E-state index in [1.165, 1.54) is 5.56 Å². The zero-order chi connectivity index (χ0) is 21.5. The number of amides is 1. The third-order valence-electron chi connectivity index (χ3n) is 5.96. The lowest BCUT2D eigenvalue weighted by Gasteiger charge is -2.38. The van der Waals surface area contributed by atoms with E-state index in [-0.39, 0.29) is 11.3 Å². The minimum Gasteiger partial charge on any atom is -0.381 e. The van der Waals surface area contributed by atoms with Crippen LogP contribution < -0.4 is 5.32 Å². The molecule has 0 saturated carbocycles. The molecule has 1 fully saturated rings. The van der Waals surface area contributed by atoms with Crippen molar-refractivity contribution in [1.82, 2.24) is 5.32 Å². The van der Waals surface area contributed by atoms with Crippen molar-refractivity contribution in [3.05, 3.63) is 107 Å². The first-order valence-electron chi connectivity index (χ1n) is 10.6. The molecule has 0 atom stereocenters. The van der Waals surface area contributed by atoms with Crippen molar-refractivity contribution in [2.75, 3.05) is 19.8 Å². The molecule has 4 rings (SSSR count). The Balaban J connectivity index is 1.62. The highest BCUT2D eigenvalue weighted by Gasteiger charge is 2.35. The van der Waals surface area contributed by atoms with Gasteiger partial charge in [0.25, 0.3) is 5.91 Å². The quantitative estimate of drug-likeness (QED) is 0.399. The standard InChI is InChI=1S/C27H26ClNO2/c28-25-14-8-7-11-22(25)19-24(21-9-3-1-4-10-21)26(30)29-20-27(15-17-31-18-16-27)23-12-5-2-6-13-23/h1-14,19H,15-18,20H2,(H,29,30)/b24-19+. The molecule has 0 bridgehead atoms. The first-order valence-corrected chi connectivity index (χ1v) is 11.0. The van der Waals surface area contributed by atoms with Gasteiger partial charge in [0.05, 0.1) is 0 Å². The monoisotopic (exact) mass is 431 g/mol. The minimum atomic E-state index is -0.124. The fraction of sp³-hybridized carbons (Fsp3) is 0.222. The van der Waals surface area contributed by atoms with Crippen LogP contribution >= 0.6 is 11.6 Å². The largest absolute Gasteiger partial charge is 0.381 e. The molecular formula is C27H26ClNO2. The molecule has 1 amide bonds. The smallest absolute Gasteiger partial charge is 0.251 e. The summed E-state index contributed by atoms with van der Waals surface area (Å²) in [6.45, 7) is 1.96. The van der Waals surface area contributed by atoms with E-state index in [0.717, 1.165) is 24.0 Å². The number of hydrogen-bond acceptors (Lipinski definition) is 2. The van der Waals surface area contributed by atoms with E-state index in [2.05, 4.69) is 29.6 Å². The van der Waals surface area contributed by atoms with Gasteiger partial charge in [-0.1, -0.05) is 90.5 Å². The first-order chi connectivity index (χ1) is 15.2. The van der Waals surface area contributed by atoms with Crippen LogP contribution in [0.15, 0.2) is 84.9 Å². The van der Waals surface area contributed by atoms with Crippen LogP contribution in [0.2, 0.25) is 5.02 Å². The number of benzene rings is 3. The molecule has 3 aromatic carbocycles. The lowest BCUT2D eigenvalue weighted by atomic mass is 9.74. The lowest BCUT2D eigenvalue weighted by molar-refractivity contribution is -0.116. The molecule has 0 unspecified atom stereocenters. The molecule has 3 nitrogen and oxygen atoms in total. The van der Waals surface area contributed by atoms with Gasteiger partial charge >= 0.3 is 0 Å². The zero-order valence-electron chi connectivity index (χ0n) is 17.4. The average molecular weight is 432 g/mol. The van der Waals surface area contributed by atoms with Gasteiger partial charge in [0, 0.05) is 35.8 Å². The second-order valence-electron chi connectivity index (χ2n) is 7.89. The van der Waals surface area contributed by atoms with E-state index in [1.54, 1.807) is 0 Å². The van der Waals surface area contributed by atoms with E-state index in [4.69, 9.17) is 16.3 Å². The molecular weight excluding hydrogens is 406 g/mol. The maximum absolute atomic E-state index is 13.4. The van der Waals surface area contributed by atoms with Crippen molar-refractivity contribution in [2.45, 2.75) is 18.3 Å². The number of carbonyl (C=O) groups excluding carboxylic acids is 1. The molecule has 158 valence electrons. The van der Waals surface area contributed by atoms with Crippen molar-refractivity contribution in [1.29, 1.82) is 0 Å². The highest BCUT2D eigenvalue weighted by atomic mass is 35.5. The number of ether oxygens (including phenoxy) is 1. The maximum atomic E-state index is 13.4. The number of rotatable bonds is 6. The number of halogens is 1. The predicted molar refractivity (Wildman–Crippen MR) is 127 cm³/mol. The summed E-state index contributed by atoms with van der Waals surface area (Å²) in [7, 11) is 0. The Morgan fingerprint density at radius 2 is 1.52 bits per heavy atom. The van der Waals surface area contributed by atoms with Crippen LogP contribution in [0.3, 0.4) is 0 Å². The molecule has 0 aromatic heterocycles. The van der Waals surface area contributed by atoms with E-state index >= 15 is 0 Å². The van der Waals surface area contributed by atoms with Crippen molar-refractivity contribution in [2.24, 2.45) is 0 Å². The van der Waals surface area contributed by atoms with Gasteiger partial charge in [0.2, 0.25) is 0 Å². The molecule has 1 N–H and O–H groups in total. The minimum absolute atomic E-state index is 0.104. The highest BCUT2D eigenvalue weighted by molar-refractivity contribution is 6.33. The topological polar surface area (TPSA) is 38.3 Å². The van der Waals surface area contributed by atoms with Gasteiger partial charge in [-0.05, 0) is 41.7 Å². The van der Waals surface area contributed by atoms with Gasteiger partial charge in [-0.2, -0.15) is 0 Å². The van der Waals surface area contributed by atoms with E-state index in [9.17, 15) is 4.79 Å². The average Bonchev–Trinajstić information content (AvgIpc) is 2.84. The molecule has 1 aliphatic heterocycles. The highest BCUT2D eigenvalue weighted by Crippen LogP contribution is 2.34. The molecule has 1 heterocycles. The summed E-state index contributed by atoms with van der Waals surface area (Å²) in [5.41, 5.74) is 3.41. The van der Waals surface area contributed by atoms with E-state index in [1.807, 2.05) is 66.7 Å². The number of nitrogens with one attached hydrogen (secondary N) is 1. The summed E-state index contributed by atoms with van der Waals surface area (Å²) in [4.78, 5) is 13.4. The molecule has 0 aliphatic carbocycles. The molecule has 1 aliphatic rings. The molecule has 1 saturated heterocycles. The molecule has 4 heteroatoms. The molecule has 0 spiro atoms. The Morgan fingerprint density at radius 1 is 0.903 bits per heavy atom. The SMILES string of the molecule is O=C(NCC1(c2ccccc2)CCOCC1)/C(=C/c1ccccc1Cl)c1ccccc1. The molecule has 0 radical (unpaired) electrons. The normalized spacial score (nSPS) is 16.0. The van der Waals surface area contributed by atoms with Crippen LogP contribution in [-0.2, 0) is 14.9 Å². The molecule has 3 aromatic rings. The van der Waals surface area contributed by atoms with Crippen LogP contribution in [-0.4, -0.2) is 25.7 Å². The van der Waals surface area contributed by atoms with E-state index < -0.39 is 0 Å². The number of hydrogen-bond donors (Lipinski definition) is 1. The van der Waals surface area contributed by atoms with Gasteiger partial charge in [0.15, 0.2) is 0 Å². The third-order valence-corrected chi connectivity index (χ3v) is 6.30. The van der Waals surface area contributed by atoms with Crippen LogP contribution in [0.25, 0.3) is 11.6 Å². The Kier molecular flexibility index (Phi) is 6.86. The van der Waals surface area contributed by atoms with Gasteiger partial charge in [-0.25, -0.2) is 0 Å². The van der Waals surface area contributed by atoms with E-state index in [0.29, 0.717) is 30.4 Å². The summed E-state index contributed by atoms with van der Waals surface area (Å²) in [5.74, 6) is -0.104. The summed E-state index contributed by atoms with van der Waals surface area (Å²) in [6, 6.07) is 27.7. The third kappa shape index (κ3) is 5.07. The van der Waals surface area contributed by atoms with Crippen LogP contribution in [0.1, 0.15) is 29.5 Å². The fourth-order valence-electron chi connectivity index (χ4n) is 4.11. The van der Waals surface area contributed by atoms with Crippen molar-refractivity contribution < 1.29 is 9.53 Å². The lowest BCUT2D eigenvalue weighted by Crippen LogP contribution is -2.44. The Hall–Kier alpha value is -2.88. The fourth-order valence-corrected chi connectivity index (χ4v) is 4.30. The first kappa shape index (κ1) is 21.4. The second-order valence-corrected chi connectivity index (χ2v) is 8.29. The summed E-state index contributed by atoms with van der Waals surface area (Å²) in [5, 5.41) is 3.84. The molecule has 31 heavy (non-hydrogen) atoms.